The van der Waals surface area contributed by atoms with Crippen molar-refractivity contribution in [2.24, 2.45) is 0 Å². The van der Waals surface area contributed by atoms with Gasteiger partial charge < -0.3 is 14.6 Å². The molecule has 6 nitrogen and oxygen atoms in total. The summed E-state index contributed by atoms with van der Waals surface area (Å²) in [6, 6.07) is 16.4. The molecule has 0 aliphatic heterocycles. The highest BCUT2D eigenvalue weighted by Gasteiger charge is 2.17. The minimum absolute atomic E-state index is 0.0442. The summed E-state index contributed by atoms with van der Waals surface area (Å²) in [5.41, 5.74) is 1.80. The van der Waals surface area contributed by atoms with E-state index in [1.807, 2.05) is 30.3 Å². The normalized spacial score (nSPS) is 11.9. The number of rotatable bonds is 7. The van der Waals surface area contributed by atoms with Gasteiger partial charge in [-0.1, -0.05) is 47.1 Å². The molecule has 1 aromatic heterocycles. The molecule has 26 heavy (non-hydrogen) atoms. The average Bonchev–Trinajstić information content (AvgIpc) is 3.13. The minimum Gasteiger partial charge on any atom is -0.367 e. The molecule has 7 heteroatoms. The molecule has 0 saturated heterocycles. The molecule has 3 rings (SSSR count). The van der Waals surface area contributed by atoms with E-state index in [0.29, 0.717) is 23.3 Å². The molecule has 0 spiro atoms. The fourth-order valence-electron chi connectivity index (χ4n) is 2.31. The second-order valence-corrected chi connectivity index (χ2v) is 6.17. The van der Waals surface area contributed by atoms with Gasteiger partial charge in [-0.2, -0.15) is 4.98 Å². The molecule has 3 aromatic rings. The third-order valence-electron chi connectivity index (χ3n) is 3.64. The van der Waals surface area contributed by atoms with E-state index >= 15 is 0 Å². The SMILES string of the molecule is C[C@@H](NC(=O)COCc1ccccc1)c1nc(-c2ccc(Cl)cc2)no1. The number of nitrogens with zero attached hydrogens (tertiary/aromatic N) is 2. The number of amides is 1. The molecule has 0 unspecified atom stereocenters. The van der Waals surface area contributed by atoms with E-state index in [0.717, 1.165) is 11.1 Å². The quantitative estimate of drug-likeness (QED) is 0.683. The lowest BCUT2D eigenvalue weighted by molar-refractivity contribution is -0.126. The molecule has 1 heterocycles. The smallest absolute Gasteiger partial charge is 0.249 e. The van der Waals surface area contributed by atoms with Crippen LogP contribution in [0.5, 0.6) is 0 Å². The van der Waals surface area contributed by atoms with Crippen LogP contribution in [-0.4, -0.2) is 22.7 Å². The van der Waals surface area contributed by atoms with Gasteiger partial charge in [0, 0.05) is 10.6 Å². The summed E-state index contributed by atoms with van der Waals surface area (Å²) in [6.07, 6.45) is 0. The van der Waals surface area contributed by atoms with Gasteiger partial charge in [0.05, 0.1) is 6.61 Å². The van der Waals surface area contributed by atoms with Crippen molar-refractivity contribution in [2.45, 2.75) is 19.6 Å². The Morgan fingerprint density at radius 3 is 2.65 bits per heavy atom. The number of nitrogens with one attached hydrogen (secondary N) is 1. The Balaban J connectivity index is 1.50. The highest BCUT2D eigenvalue weighted by molar-refractivity contribution is 6.30. The van der Waals surface area contributed by atoms with Crippen LogP contribution < -0.4 is 5.32 Å². The van der Waals surface area contributed by atoms with Crippen molar-refractivity contribution in [2.75, 3.05) is 6.61 Å². The van der Waals surface area contributed by atoms with Gasteiger partial charge in [0.25, 0.3) is 0 Å². The third kappa shape index (κ3) is 4.91. The van der Waals surface area contributed by atoms with E-state index in [4.69, 9.17) is 20.9 Å². The Labute approximate surface area is 156 Å². The number of benzene rings is 2. The summed E-state index contributed by atoms with van der Waals surface area (Å²) >= 11 is 5.87. The van der Waals surface area contributed by atoms with Crippen molar-refractivity contribution in [1.82, 2.24) is 15.5 Å². The van der Waals surface area contributed by atoms with Crippen LogP contribution in [0.25, 0.3) is 11.4 Å². The average molecular weight is 372 g/mol. The lowest BCUT2D eigenvalue weighted by Crippen LogP contribution is -2.30. The molecule has 1 atom stereocenters. The second-order valence-electron chi connectivity index (χ2n) is 5.73. The molecule has 1 N–H and O–H groups in total. The highest BCUT2D eigenvalue weighted by Crippen LogP contribution is 2.20. The highest BCUT2D eigenvalue weighted by atomic mass is 35.5. The van der Waals surface area contributed by atoms with Gasteiger partial charge in [0.1, 0.15) is 12.6 Å². The molecule has 2 aromatic carbocycles. The molecule has 0 aliphatic carbocycles. The fraction of sp³-hybridized carbons (Fsp3) is 0.211. The summed E-state index contributed by atoms with van der Waals surface area (Å²) in [4.78, 5) is 16.3. The summed E-state index contributed by atoms with van der Waals surface area (Å²) < 4.78 is 10.6. The largest absolute Gasteiger partial charge is 0.367 e. The molecule has 0 fully saturated rings. The number of hydrogen-bond donors (Lipinski definition) is 1. The van der Waals surface area contributed by atoms with Crippen LogP contribution in [-0.2, 0) is 16.1 Å². The van der Waals surface area contributed by atoms with E-state index in [9.17, 15) is 4.79 Å². The van der Waals surface area contributed by atoms with E-state index in [1.165, 1.54) is 0 Å². The maximum absolute atomic E-state index is 12.0. The summed E-state index contributed by atoms with van der Waals surface area (Å²) in [7, 11) is 0. The first-order chi connectivity index (χ1) is 12.6. The zero-order valence-corrected chi connectivity index (χ0v) is 14.9. The van der Waals surface area contributed by atoms with Gasteiger partial charge in [-0.3, -0.25) is 4.79 Å². The standard InChI is InChI=1S/C19H18ClN3O3/c1-13(21-17(24)12-25-11-14-5-3-2-4-6-14)19-22-18(23-26-19)15-7-9-16(20)10-8-15/h2-10,13H,11-12H2,1H3,(H,21,24)/t13-/m1/s1. The van der Waals surface area contributed by atoms with E-state index in [-0.39, 0.29) is 12.5 Å². The van der Waals surface area contributed by atoms with Crippen molar-refractivity contribution in [3.63, 3.8) is 0 Å². The number of carbonyl (C=O) groups excluding carboxylic acids is 1. The number of carbonyl (C=O) groups is 1. The van der Waals surface area contributed by atoms with Crippen LogP contribution in [0, 0.1) is 0 Å². The first-order valence-corrected chi connectivity index (χ1v) is 8.50. The third-order valence-corrected chi connectivity index (χ3v) is 3.89. The first-order valence-electron chi connectivity index (χ1n) is 8.12. The maximum Gasteiger partial charge on any atom is 0.249 e. The number of aromatic nitrogens is 2. The van der Waals surface area contributed by atoms with E-state index < -0.39 is 6.04 Å². The summed E-state index contributed by atoms with van der Waals surface area (Å²) in [6.45, 7) is 2.11. The monoisotopic (exact) mass is 371 g/mol. The Hall–Kier alpha value is -2.70. The zero-order chi connectivity index (χ0) is 18.4. The molecule has 134 valence electrons. The van der Waals surface area contributed by atoms with Crippen molar-refractivity contribution in [3.05, 3.63) is 71.1 Å². The molecule has 0 saturated carbocycles. The summed E-state index contributed by atoms with van der Waals surface area (Å²) in [5.74, 6) is 0.518. The van der Waals surface area contributed by atoms with Crippen LogP contribution in [0.4, 0.5) is 0 Å². The molecular formula is C19H18ClN3O3. The lowest BCUT2D eigenvalue weighted by Gasteiger charge is -2.10. The first kappa shape index (κ1) is 18.1. The molecule has 0 aliphatic rings. The van der Waals surface area contributed by atoms with Crippen LogP contribution in [0.15, 0.2) is 59.1 Å². The van der Waals surface area contributed by atoms with Gasteiger partial charge in [0.2, 0.25) is 17.6 Å². The molecule has 0 bridgehead atoms. The predicted molar refractivity (Wildman–Crippen MR) is 97.4 cm³/mol. The van der Waals surface area contributed by atoms with E-state index in [2.05, 4.69) is 15.5 Å². The van der Waals surface area contributed by atoms with Gasteiger partial charge >= 0.3 is 0 Å². The van der Waals surface area contributed by atoms with Crippen molar-refractivity contribution < 1.29 is 14.1 Å². The van der Waals surface area contributed by atoms with Crippen molar-refractivity contribution >= 4 is 17.5 Å². The lowest BCUT2D eigenvalue weighted by atomic mass is 10.2. The van der Waals surface area contributed by atoms with Gasteiger partial charge in [-0.15, -0.1) is 0 Å². The fourth-order valence-corrected chi connectivity index (χ4v) is 2.43. The number of ether oxygens (including phenoxy) is 1. The second kappa shape index (κ2) is 8.60. The van der Waals surface area contributed by atoms with Gasteiger partial charge in [0.15, 0.2) is 0 Å². The minimum atomic E-state index is -0.420. The van der Waals surface area contributed by atoms with E-state index in [1.54, 1.807) is 31.2 Å². The maximum atomic E-state index is 12.0. The van der Waals surface area contributed by atoms with Crippen LogP contribution in [0.3, 0.4) is 0 Å². The van der Waals surface area contributed by atoms with Crippen molar-refractivity contribution in [3.8, 4) is 11.4 Å². The molecular weight excluding hydrogens is 354 g/mol. The van der Waals surface area contributed by atoms with Crippen LogP contribution >= 0.6 is 11.6 Å². The predicted octanol–water partition coefficient (Wildman–Crippen LogP) is 3.78. The molecule has 1 amide bonds. The van der Waals surface area contributed by atoms with Crippen molar-refractivity contribution in [1.29, 1.82) is 0 Å². The van der Waals surface area contributed by atoms with Crippen LogP contribution in [0.2, 0.25) is 5.02 Å². The Bertz CT molecular complexity index is 850. The Morgan fingerprint density at radius 1 is 1.19 bits per heavy atom. The molecule has 0 radical (unpaired) electrons. The van der Waals surface area contributed by atoms with Gasteiger partial charge in [-0.25, -0.2) is 0 Å². The summed E-state index contributed by atoms with van der Waals surface area (Å²) in [5, 5.41) is 7.34. The Kier molecular flexibility index (Phi) is 5.99. The zero-order valence-electron chi connectivity index (χ0n) is 14.2. The topological polar surface area (TPSA) is 77.2 Å². The Morgan fingerprint density at radius 2 is 1.92 bits per heavy atom. The van der Waals surface area contributed by atoms with Crippen LogP contribution in [0.1, 0.15) is 24.4 Å². The number of halogens is 1. The number of hydrogen-bond acceptors (Lipinski definition) is 5. The van der Waals surface area contributed by atoms with Gasteiger partial charge in [-0.05, 0) is 36.8 Å².